The predicted octanol–water partition coefficient (Wildman–Crippen LogP) is 1.08. The minimum absolute atomic E-state index is 0.104. The van der Waals surface area contributed by atoms with Crippen molar-refractivity contribution in [2.75, 3.05) is 30.5 Å². The van der Waals surface area contributed by atoms with Crippen LogP contribution in [0.1, 0.15) is 25.6 Å². The molecule has 1 unspecified atom stereocenters. The maximum atomic E-state index is 5.59. The molecule has 2 rings (SSSR count). The van der Waals surface area contributed by atoms with Crippen LogP contribution in [0.2, 0.25) is 0 Å². The number of nitrogen functional groups attached to an aromatic ring is 1. The fourth-order valence-corrected chi connectivity index (χ4v) is 2.36. The van der Waals surface area contributed by atoms with E-state index in [1.807, 2.05) is 13.0 Å². The molecule has 0 radical (unpaired) electrons. The molecule has 18 heavy (non-hydrogen) atoms. The van der Waals surface area contributed by atoms with E-state index < -0.39 is 0 Å². The van der Waals surface area contributed by atoms with Crippen molar-refractivity contribution >= 4 is 11.6 Å². The van der Waals surface area contributed by atoms with Crippen molar-refractivity contribution in [3.05, 3.63) is 11.9 Å². The Balaban J connectivity index is 2.23. The topological polar surface area (TPSA) is 76.3 Å². The predicted molar refractivity (Wildman–Crippen MR) is 71.4 cm³/mol. The summed E-state index contributed by atoms with van der Waals surface area (Å²) >= 11 is 0. The highest BCUT2D eigenvalue weighted by molar-refractivity contribution is 5.49. The molecular weight excluding hydrogens is 230 g/mol. The van der Waals surface area contributed by atoms with E-state index in [0.29, 0.717) is 11.6 Å². The fraction of sp³-hybridized carbons (Fsp3) is 0.667. The summed E-state index contributed by atoms with van der Waals surface area (Å²) in [5.41, 5.74) is 2.47. The van der Waals surface area contributed by atoms with Gasteiger partial charge in [-0.05, 0) is 26.7 Å². The number of ether oxygens (including phenoxy) is 1. The summed E-state index contributed by atoms with van der Waals surface area (Å²) in [6.45, 7) is 5.82. The minimum Gasteiger partial charge on any atom is -0.377 e. The summed E-state index contributed by atoms with van der Waals surface area (Å²) in [6.07, 6.45) is 2.17. The van der Waals surface area contributed by atoms with Gasteiger partial charge in [0.15, 0.2) is 0 Å². The lowest BCUT2D eigenvalue weighted by Gasteiger charge is -2.40. The highest BCUT2D eigenvalue weighted by Gasteiger charge is 2.31. The summed E-state index contributed by atoms with van der Waals surface area (Å²) < 4.78 is 5.59. The van der Waals surface area contributed by atoms with E-state index in [9.17, 15) is 0 Å². The number of aromatic nitrogens is 2. The maximum Gasteiger partial charge on any atom is 0.145 e. The molecule has 100 valence electrons. The average molecular weight is 251 g/mol. The lowest BCUT2D eigenvalue weighted by molar-refractivity contribution is -0.00482. The first-order valence-electron chi connectivity index (χ1n) is 6.19. The molecule has 0 amide bonds. The lowest BCUT2D eigenvalue weighted by atomic mass is 9.95. The molecule has 1 aliphatic heterocycles. The highest BCUT2D eigenvalue weighted by Crippen LogP contribution is 2.27. The Bertz CT molecular complexity index is 425. The number of nitrogens with one attached hydrogen (secondary N) is 1. The molecule has 0 aliphatic carbocycles. The zero-order valence-electron chi connectivity index (χ0n) is 11.2. The van der Waals surface area contributed by atoms with E-state index >= 15 is 0 Å². The van der Waals surface area contributed by atoms with Gasteiger partial charge in [0, 0.05) is 26.3 Å². The van der Waals surface area contributed by atoms with Gasteiger partial charge in [0.25, 0.3) is 0 Å². The van der Waals surface area contributed by atoms with Crippen LogP contribution in [0.15, 0.2) is 6.07 Å². The molecule has 3 N–H and O–H groups in total. The molecule has 1 aliphatic rings. The molecule has 2 heterocycles. The number of hydrogen-bond donors (Lipinski definition) is 2. The molecule has 1 saturated heterocycles. The minimum atomic E-state index is -0.104. The normalized spacial score (nSPS) is 24.1. The standard InChI is InChI=1S/C12H21N5O/c1-9-14-10(16-13)7-11(15-9)17-6-4-5-12(2,8-17)18-3/h7H,4-6,8,13H2,1-3H3,(H,14,15,16). The molecule has 0 saturated carbocycles. The Morgan fingerprint density at radius 3 is 2.94 bits per heavy atom. The SMILES string of the molecule is COC1(C)CCCN(c2cc(NN)nc(C)n2)C1. The smallest absolute Gasteiger partial charge is 0.145 e. The maximum absolute atomic E-state index is 5.59. The van der Waals surface area contributed by atoms with Crippen molar-refractivity contribution in [2.24, 2.45) is 5.84 Å². The molecule has 1 fully saturated rings. The second-order valence-electron chi connectivity index (χ2n) is 4.98. The van der Waals surface area contributed by atoms with Gasteiger partial charge < -0.3 is 15.1 Å². The van der Waals surface area contributed by atoms with Crippen molar-refractivity contribution in [3.63, 3.8) is 0 Å². The largest absolute Gasteiger partial charge is 0.377 e. The van der Waals surface area contributed by atoms with E-state index in [4.69, 9.17) is 10.6 Å². The van der Waals surface area contributed by atoms with Crippen LogP contribution in [-0.4, -0.2) is 35.8 Å². The number of rotatable bonds is 3. The first-order valence-corrected chi connectivity index (χ1v) is 6.19. The number of aryl methyl sites for hydroxylation is 1. The number of anilines is 2. The van der Waals surface area contributed by atoms with Gasteiger partial charge in [0.2, 0.25) is 0 Å². The van der Waals surface area contributed by atoms with Crippen LogP contribution in [0.5, 0.6) is 0 Å². The number of nitrogens with zero attached hydrogens (tertiary/aromatic N) is 3. The molecule has 0 aromatic carbocycles. The lowest BCUT2D eigenvalue weighted by Crippen LogP contribution is -2.47. The number of nitrogens with two attached hydrogens (primary N) is 1. The van der Waals surface area contributed by atoms with Crippen molar-refractivity contribution in [1.82, 2.24) is 9.97 Å². The van der Waals surface area contributed by atoms with Crippen LogP contribution < -0.4 is 16.2 Å². The molecule has 0 spiro atoms. The third kappa shape index (κ3) is 2.70. The molecule has 1 atom stereocenters. The zero-order valence-corrected chi connectivity index (χ0v) is 11.2. The highest BCUT2D eigenvalue weighted by atomic mass is 16.5. The second-order valence-corrected chi connectivity index (χ2v) is 4.98. The van der Waals surface area contributed by atoms with Crippen molar-refractivity contribution in [2.45, 2.75) is 32.3 Å². The first kappa shape index (κ1) is 13.0. The van der Waals surface area contributed by atoms with E-state index in [1.165, 1.54) is 0 Å². The molecule has 1 aromatic heterocycles. The van der Waals surface area contributed by atoms with Gasteiger partial charge in [-0.1, -0.05) is 0 Å². The van der Waals surface area contributed by atoms with Gasteiger partial charge >= 0.3 is 0 Å². The van der Waals surface area contributed by atoms with Gasteiger partial charge in [-0.2, -0.15) is 0 Å². The third-order valence-corrected chi connectivity index (χ3v) is 3.45. The van der Waals surface area contributed by atoms with Gasteiger partial charge in [-0.3, -0.25) is 0 Å². The Morgan fingerprint density at radius 2 is 2.28 bits per heavy atom. The summed E-state index contributed by atoms with van der Waals surface area (Å²) in [7, 11) is 1.77. The summed E-state index contributed by atoms with van der Waals surface area (Å²) in [4.78, 5) is 10.9. The van der Waals surface area contributed by atoms with Crippen molar-refractivity contribution < 1.29 is 4.74 Å². The number of hydrazine groups is 1. The average Bonchev–Trinajstić information content (AvgIpc) is 2.38. The zero-order chi connectivity index (χ0) is 13.2. The van der Waals surface area contributed by atoms with Crippen LogP contribution in [0.25, 0.3) is 0 Å². The first-order chi connectivity index (χ1) is 8.56. The van der Waals surface area contributed by atoms with Gasteiger partial charge in [0.1, 0.15) is 17.5 Å². The van der Waals surface area contributed by atoms with Gasteiger partial charge in [0.05, 0.1) is 5.60 Å². The molecule has 6 heteroatoms. The molecular formula is C12H21N5O. The number of piperidine rings is 1. The van der Waals surface area contributed by atoms with Crippen LogP contribution in [-0.2, 0) is 4.74 Å². The third-order valence-electron chi connectivity index (χ3n) is 3.45. The van der Waals surface area contributed by atoms with E-state index in [2.05, 4.69) is 27.2 Å². The van der Waals surface area contributed by atoms with Crippen LogP contribution in [0.4, 0.5) is 11.6 Å². The summed E-state index contributed by atoms with van der Waals surface area (Å²) in [6, 6.07) is 1.87. The van der Waals surface area contributed by atoms with E-state index in [0.717, 1.165) is 31.7 Å². The molecule has 1 aromatic rings. The fourth-order valence-electron chi connectivity index (χ4n) is 2.36. The molecule has 6 nitrogen and oxygen atoms in total. The Hall–Kier alpha value is -1.40. The van der Waals surface area contributed by atoms with Gasteiger partial charge in [-0.25, -0.2) is 15.8 Å². The van der Waals surface area contributed by atoms with E-state index in [-0.39, 0.29) is 5.60 Å². The van der Waals surface area contributed by atoms with Gasteiger partial charge in [-0.15, -0.1) is 0 Å². The number of methoxy groups -OCH3 is 1. The quantitative estimate of drug-likeness (QED) is 0.618. The van der Waals surface area contributed by atoms with Crippen LogP contribution >= 0.6 is 0 Å². The molecule has 0 bridgehead atoms. The Kier molecular flexibility index (Phi) is 3.68. The Labute approximate surface area is 108 Å². The number of hydrogen-bond acceptors (Lipinski definition) is 6. The van der Waals surface area contributed by atoms with E-state index in [1.54, 1.807) is 7.11 Å². The second kappa shape index (κ2) is 5.07. The van der Waals surface area contributed by atoms with Crippen LogP contribution in [0.3, 0.4) is 0 Å². The van der Waals surface area contributed by atoms with Crippen LogP contribution in [0, 0.1) is 6.92 Å². The summed E-state index contributed by atoms with van der Waals surface area (Å²) in [5.74, 6) is 7.67. The monoisotopic (exact) mass is 251 g/mol. The Morgan fingerprint density at radius 1 is 1.50 bits per heavy atom. The summed E-state index contributed by atoms with van der Waals surface area (Å²) in [5, 5.41) is 0. The van der Waals surface area contributed by atoms with Crippen molar-refractivity contribution in [3.8, 4) is 0 Å². The van der Waals surface area contributed by atoms with Crippen molar-refractivity contribution in [1.29, 1.82) is 0 Å².